The van der Waals surface area contributed by atoms with Gasteiger partial charge in [0.1, 0.15) is 5.75 Å². The zero-order valence-corrected chi connectivity index (χ0v) is 22.0. The van der Waals surface area contributed by atoms with Crippen LogP contribution >= 0.6 is 11.3 Å². The molecule has 0 bridgehead atoms. The van der Waals surface area contributed by atoms with Gasteiger partial charge in [-0.25, -0.2) is 14.5 Å². The standard InChI is InChI=1S/C23H33N5O5S2/c1-4-6-7-8-15-35(31)22-26-25-20(34-22)28-19(12-13-27(3)23(28)30)33-21(29)24-17-10-9-11-18(16-17)32-14-5-2/h9-11,16,19H,4-8,12-15H2,1-3H3,(H,24,29). The van der Waals surface area contributed by atoms with Crippen LogP contribution in [0.5, 0.6) is 5.75 Å². The Balaban J connectivity index is 1.67. The fourth-order valence-electron chi connectivity index (χ4n) is 3.45. The van der Waals surface area contributed by atoms with E-state index in [0.29, 0.717) is 41.1 Å². The maximum absolute atomic E-state index is 12.9. The van der Waals surface area contributed by atoms with Crippen LogP contribution in [0.1, 0.15) is 52.4 Å². The number of nitrogens with zero attached hydrogens (tertiary/aromatic N) is 4. The third kappa shape index (κ3) is 7.63. The van der Waals surface area contributed by atoms with Crippen LogP contribution < -0.4 is 15.0 Å². The van der Waals surface area contributed by atoms with Crippen LogP contribution in [0.3, 0.4) is 0 Å². The normalized spacial score (nSPS) is 16.8. The van der Waals surface area contributed by atoms with Crippen LogP contribution in [-0.2, 0) is 15.5 Å². The second-order valence-electron chi connectivity index (χ2n) is 8.18. The first-order valence-corrected chi connectivity index (χ1v) is 14.0. The molecule has 35 heavy (non-hydrogen) atoms. The highest BCUT2D eigenvalue weighted by Gasteiger charge is 2.37. The number of hydrogen-bond acceptors (Lipinski definition) is 8. The molecule has 2 heterocycles. The van der Waals surface area contributed by atoms with Crippen LogP contribution in [0.25, 0.3) is 0 Å². The molecule has 1 aromatic heterocycles. The molecule has 3 amide bonds. The van der Waals surface area contributed by atoms with Crippen LogP contribution in [-0.4, -0.2) is 63.6 Å². The minimum atomic E-state index is -1.28. The van der Waals surface area contributed by atoms with E-state index in [1.54, 1.807) is 25.2 Å². The lowest BCUT2D eigenvalue weighted by Crippen LogP contribution is -2.55. The van der Waals surface area contributed by atoms with Gasteiger partial charge in [0.15, 0.2) is 6.23 Å². The van der Waals surface area contributed by atoms with Crippen LogP contribution in [0.2, 0.25) is 0 Å². The Morgan fingerprint density at radius 1 is 1.23 bits per heavy atom. The molecule has 1 aliphatic heterocycles. The smallest absolute Gasteiger partial charge is 0.413 e. The van der Waals surface area contributed by atoms with Gasteiger partial charge in [0.25, 0.3) is 0 Å². The molecule has 2 atom stereocenters. The van der Waals surface area contributed by atoms with Gasteiger partial charge in [-0.15, -0.1) is 10.2 Å². The van der Waals surface area contributed by atoms with Crippen molar-refractivity contribution in [3.8, 4) is 5.75 Å². The van der Waals surface area contributed by atoms with Crippen molar-refractivity contribution < 1.29 is 23.3 Å². The number of benzene rings is 1. The van der Waals surface area contributed by atoms with Crippen LogP contribution in [0.4, 0.5) is 20.4 Å². The molecular formula is C23H33N5O5S2. The fourth-order valence-corrected chi connectivity index (χ4v) is 5.68. The summed E-state index contributed by atoms with van der Waals surface area (Å²) >= 11 is 1.09. The predicted octanol–water partition coefficient (Wildman–Crippen LogP) is 4.85. The zero-order valence-electron chi connectivity index (χ0n) is 20.4. The lowest BCUT2D eigenvalue weighted by Gasteiger charge is -2.37. The van der Waals surface area contributed by atoms with Gasteiger partial charge in [0, 0.05) is 37.5 Å². The highest BCUT2D eigenvalue weighted by Crippen LogP contribution is 2.30. The summed E-state index contributed by atoms with van der Waals surface area (Å²) in [5.41, 5.74) is 0.520. The Hall–Kier alpha value is -2.73. The highest BCUT2D eigenvalue weighted by atomic mass is 32.2. The quantitative estimate of drug-likeness (QED) is 0.312. The number of urea groups is 1. The van der Waals surface area contributed by atoms with Crippen LogP contribution in [0.15, 0.2) is 28.6 Å². The van der Waals surface area contributed by atoms with E-state index in [1.807, 2.05) is 13.0 Å². The average molecular weight is 524 g/mol. The Morgan fingerprint density at radius 2 is 2.06 bits per heavy atom. The minimum Gasteiger partial charge on any atom is -0.494 e. The molecule has 0 aliphatic carbocycles. The summed E-state index contributed by atoms with van der Waals surface area (Å²) in [6.45, 7) is 5.13. The van der Waals surface area contributed by atoms with E-state index in [2.05, 4.69) is 22.4 Å². The Labute approximate surface area is 212 Å². The molecule has 1 fully saturated rings. The molecule has 1 saturated heterocycles. The zero-order chi connectivity index (χ0) is 25.2. The first kappa shape index (κ1) is 26.9. The van der Waals surface area contributed by atoms with Gasteiger partial charge in [0.2, 0.25) is 9.47 Å². The van der Waals surface area contributed by atoms with E-state index in [9.17, 15) is 13.8 Å². The molecule has 12 heteroatoms. The topological polar surface area (TPSA) is 114 Å². The number of ether oxygens (including phenoxy) is 2. The molecule has 0 spiro atoms. The van der Waals surface area contributed by atoms with E-state index < -0.39 is 23.1 Å². The van der Waals surface area contributed by atoms with Crippen molar-refractivity contribution in [1.82, 2.24) is 15.1 Å². The predicted molar refractivity (Wildman–Crippen MR) is 137 cm³/mol. The monoisotopic (exact) mass is 523 g/mol. The molecule has 0 radical (unpaired) electrons. The average Bonchev–Trinajstić information content (AvgIpc) is 3.33. The summed E-state index contributed by atoms with van der Waals surface area (Å²) in [5, 5.41) is 11.1. The molecule has 1 aliphatic rings. The maximum Gasteiger partial charge on any atom is 0.413 e. The third-order valence-corrected chi connectivity index (χ3v) is 7.96. The molecule has 2 aromatic rings. The molecule has 1 aromatic carbocycles. The van der Waals surface area contributed by atoms with Crippen molar-refractivity contribution in [2.24, 2.45) is 0 Å². The molecular weight excluding hydrogens is 490 g/mol. The number of carbonyl (C=O) groups is 2. The number of nitrogens with one attached hydrogen (secondary N) is 1. The summed E-state index contributed by atoms with van der Waals surface area (Å²) < 4.78 is 24.2. The Kier molecular flexibility index (Phi) is 10.3. The number of hydrogen-bond donors (Lipinski definition) is 1. The molecule has 3 rings (SSSR count). The molecule has 10 nitrogen and oxygen atoms in total. The number of amides is 3. The summed E-state index contributed by atoms with van der Waals surface area (Å²) in [6.07, 6.45) is 3.77. The van der Waals surface area contributed by atoms with Crippen molar-refractivity contribution in [1.29, 1.82) is 0 Å². The molecule has 1 N–H and O–H groups in total. The molecule has 0 saturated carbocycles. The highest BCUT2D eigenvalue weighted by molar-refractivity contribution is 7.87. The van der Waals surface area contributed by atoms with Gasteiger partial charge in [-0.2, -0.15) is 0 Å². The summed E-state index contributed by atoms with van der Waals surface area (Å²) in [4.78, 5) is 28.4. The van der Waals surface area contributed by atoms with Crippen LogP contribution in [0, 0.1) is 0 Å². The first-order chi connectivity index (χ1) is 16.9. The van der Waals surface area contributed by atoms with Gasteiger partial charge in [-0.3, -0.25) is 9.53 Å². The van der Waals surface area contributed by atoms with E-state index in [1.165, 1.54) is 9.80 Å². The van der Waals surface area contributed by atoms with E-state index in [4.69, 9.17) is 9.47 Å². The summed E-state index contributed by atoms with van der Waals surface area (Å²) in [6, 6.07) is 6.66. The lowest BCUT2D eigenvalue weighted by molar-refractivity contribution is 0.0841. The number of unbranched alkanes of at least 4 members (excludes halogenated alkanes) is 3. The van der Waals surface area contributed by atoms with Gasteiger partial charge in [-0.1, -0.05) is 50.5 Å². The fraction of sp³-hybridized carbons (Fsp3) is 0.565. The Morgan fingerprint density at radius 3 is 2.83 bits per heavy atom. The van der Waals surface area contributed by atoms with Crippen molar-refractivity contribution in [2.75, 3.05) is 36.2 Å². The van der Waals surface area contributed by atoms with Crippen molar-refractivity contribution in [2.45, 2.75) is 62.9 Å². The second-order valence-corrected chi connectivity index (χ2v) is 10.9. The first-order valence-electron chi connectivity index (χ1n) is 11.9. The third-order valence-electron chi connectivity index (χ3n) is 5.31. The number of anilines is 2. The van der Waals surface area contributed by atoms with Crippen molar-refractivity contribution >= 4 is 45.1 Å². The van der Waals surface area contributed by atoms with E-state index >= 15 is 0 Å². The largest absolute Gasteiger partial charge is 0.494 e. The Bertz CT molecular complexity index is 1020. The second kappa shape index (κ2) is 13.4. The summed E-state index contributed by atoms with van der Waals surface area (Å²) in [7, 11) is 0.385. The van der Waals surface area contributed by atoms with Gasteiger partial charge in [-0.05, 0) is 25.0 Å². The lowest BCUT2D eigenvalue weighted by atomic mass is 10.2. The van der Waals surface area contributed by atoms with E-state index in [-0.39, 0.29) is 11.2 Å². The van der Waals surface area contributed by atoms with Gasteiger partial charge >= 0.3 is 12.1 Å². The number of rotatable bonds is 12. The van der Waals surface area contributed by atoms with Gasteiger partial charge < -0.3 is 14.4 Å². The van der Waals surface area contributed by atoms with Crippen molar-refractivity contribution in [3.63, 3.8) is 0 Å². The minimum absolute atomic E-state index is 0.256. The molecule has 192 valence electrons. The van der Waals surface area contributed by atoms with Gasteiger partial charge in [0.05, 0.1) is 17.4 Å². The van der Waals surface area contributed by atoms with Crippen molar-refractivity contribution in [3.05, 3.63) is 24.3 Å². The van der Waals surface area contributed by atoms with E-state index in [0.717, 1.165) is 43.4 Å². The number of aromatic nitrogens is 2. The SMILES string of the molecule is CCCCCCS(=O)c1nnc(N2C(=O)N(C)CCC2OC(=O)Nc2cccc(OCCC)c2)s1. The summed E-state index contributed by atoms with van der Waals surface area (Å²) in [5.74, 6) is 1.15. The number of carbonyl (C=O) groups excluding carboxylic acids is 2. The molecule has 2 unspecified atom stereocenters. The maximum atomic E-state index is 12.9.